The number of β-amino-alcohol motifs (C(OH)–C–C–N with tert-alkyl or cyclic N) is 1. The summed E-state index contributed by atoms with van der Waals surface area (Å²) in [5.41, 5.74) is 1.29. The Labute approximate surface area is 211 Å². The maximum Gasteiger partial charge on any atom is 0.196 e. The average molecular weight is 495 g/mol. The van der Waals surface area contributed by atoms with Gasteiger partial charge in [0.1, 0.15) is 23.0 Å². The van der Waals surface area contributed by atoms with E-state index in [1.807, 2.05) is 50.2 Å². The number of carbonyl (C=O) groups excluding carboxylic acids is 1. The number of carbonyl (C=O) groups is 1. The number of aromatic nitrogens is 4. The molecule has 0 bridgehead atoms. The molecule has 2 aromatic heterocycles. The van der Waals surface area contributed by atoms with Gasteiger partial charge in [0.15, 0.2) is 11.0 Å². The lowest BCUT2D eigenvalue weighted by Gasteiger charge is -2.49. The van der Waals surface area contributed by atoms with Crippen LogP contribution in [0, 0.1) is 12.3 Å². The van der Waals surface area contributed by atoms with Gasteiger partial charge in [-0.25, -0.2) is 9.97 Å². The lowest BCUT2D eigenvalue weighted by Crippen LogP contribution is -2.63. The largest absolute Gasteiger partial charge is 0.386 e. The van der Waals surface area contributed by atoms with Crippen molar-refractivity contribution in [2.24, 2.45) is 5.41 Å². The second-order valence-electron chi connectivity index (χ2n) is 10.6. The number of benzene rings is 1. The zero-order chi connectivity index (χ0) is 25.2. The van der Waals surface area contributed by atoms with Crippen molar-refractivity contribution in [2.45, 2.75) is 69.5 Å². The zero-order valence-electron chi connectivity index (χ0n) is 21.1. The van der Waals surface area contributed by atoms with E-state index in [1.165, 1.54) is 11.8 Å². The van der Waals surface area contributed by atoms with Crippen molar-refractivity contribution in [1.29, 1.82) is 0 Å². The van der Waals surface area contributed by atoms with Crippen molar-refractivity contribution < 1.29 is 9.90 Å². The normalized spacial score (nSPS) is 15.1. The van der Waals surface area contributed by atoms with Gasteiger partial charge in [0.2, 0.25) is 0 Å². The Balaban J connectivity index is 1.54. The summed E-state index contributed by atoms with van der Waals surface area (Å²) in [6.07, 6.45) is 1.73. The van der Waals surface area contributed by atoms with Crippen LogP contribution in [-0.4, -0.2) is 49.7 Å². The zero-order valence-corrected chi connectivity index (χ0v) is 21.9. The SMILES string of the molecule is CCC(=O)Cc1ccc(Sc2nc(Nc3cc(C)[nH]n3)cc(N3CC(O)(CC(C)(C)C)C3)n2)cc1. The molecule has 4 rings (SSSR count). The highest BCUT2D eigenvalue weighted by Gasteiger charge is 2.44. The minimum absolute atomic E-state index is 0.0476. The minimum Gasteiger partial charge on any atom is -0.386 e. The summed E-state index contributed by atoms with van der Waals surface area (Å²) in [6, 6.07) is 11.8. The molecule has 3 aromatic rings. The van der Waals surface area contributed by atoms with E-state index < -0.39 is 5.60 Å². The van der Waals surface area contributed by atoms with Crippen LogP contribution in [0.3, 0.4) is 0 Å². The quantitative estimate of drug-likeness (QED) is 0.360. The van der Waals surface area contributed by atoms with Crippen LogP contribution < -0.4 is 10.2 Å². The summed E-state index contributed by atoms with van der Waals surface area (Å²) < 4.78 is 0. The summed E-state index contributed by atoms with van der Waals surface area (Å²) in [4.78, 5) is 24.3. The summed E-state index contributed by atoms with van der Waals surface area (Å²) in [5, 5.41) is 22.0. The average Bonchev–Trinajstić information content (AvgIpc) is 3.16. The molecule has 1 aliphatic heterocycles. The lowest BCUT2D eigenvalue weighted by atomic mass is 9.78. The van der Waals surface area contributed by atoms with Gasteiger partial charge in [0.05, 0.1) is 0 Å². The molecule has 1 fully saturated rings. The van der Waals surface area contributed by atoms with Crippen molar-refractivity contribution >= 4 is 35.0 Å². The Morgan fingerprint density at radius 3 is 2.49 bits per heavy atom. The van der Waals surface area contributed by atoms with Gasteiger partial charge >= 0.3 is 0 Å². The van der Waals surface area contributed by atoms with Crippen molar-refractivity contribution in [2.75, 3.05) is 23.3 Å². The van der Waals surface area contributed by atoms with Gasteiger partial charge in [-0.2, -0.15) is 5.10 Å². The molecule has 3 N–H and O–H groups in total. The lowest BCUT2D eigenvalue weighted by molar-refractivity contribution is -0.118. The molecule has 0 radical (unpaired) electrons. The number of nitrogens with one attached hydrogen (secondary N) is 2. The maximum atomic E-state index is 11.7. The topological polar surface area (TPSA) is 107 Å². The molecule has 1 aromatic carbocycles. The first-order chi connectivity index (χ1) is 16.5. The van der Waals surface area contributed by atoms with Crippen LogP contribution in [-0.2, 0) is 11.2 Å². The number of aromatic amines is 1. The van der Waals surface area contributed by atoms with E-state index in [-0.39, 0.29) is 11.2 Å². The van der Waals surface area contributed by atoms with E-state index in [0.29, 0.717) is 42.7 Å². The van der Waals surface area contributed by atoms with E-state index >= 15 is 0 Å². The fraction of sp³-hybridized carbons (Fsp3) is 0.462. The van der Waals surface area contributed by atoms with E-state index in [4.69, 9.17) is 9.97 Å². The second-order valence-corrected chi connectivity index (χ2v) is 11.6. The van der Waals surface area contributed by atoms with Crippen molar-refractivity contribution in [3.8, 4) is 0 Å². The fourth-order valence-electron chi connectivity index (χ4n) is 4.36. The minimum atomic E-state index is -0.713. The first-order valence-corrected chi connectivity index (χ1v) is 12.8. The van der Waals surface area contributed by atoms with E-state index in [0.717, 1.165) is 28.4 Å². The Morgan fingerprint density at radius 2 is 1.89 bits per heavy atom. The first kappa shape index (κ1) is 25.2. The van der Waals surface area contributed by atoms with Crippen molar-refractivity contribution in [1.82, 2.24) is 20.2 Å². The molecule has 1 aliphatic rings. The molecule has 3 heterocycles. The number of aliphatic hydroxyl groups is 1. The number of hydrogen-bond acceptors (Lipinski definition) is 8. The van der Waals surface area contributed by atoms with Gasteiger partial charge in [-0.3, -0.25) is 9.89 Å². The molecule has 35 heavy (non-hydrogen) atoms. The van der Waals surface area contributed by atoms with Gasteiger partial charge in [-0.1, -0.05) is 39.8 Å². The molecule has 0 amide bonds. The standard InChI is InChI=1S/C26H34N6O2S/c1-6-19(33)12-18-7-9-20(10-8-18)35-24-28-21(27-22-11-17(2)30-31-22)13-23(29-24)32-15-26(34,16-32)14-25(3,4)5/h7-11,13,34H,6,12,14-16H2,1-5H3,(H2,27,28,29,30,31). The Morgan fingerprint density at radius 1 is 1.17 bits per heavy atom. The molecule has 0 saturated carbocycles. The number of aryl methyl sites for hydroxylation is 1. The number of Topliss-reactive ketones (excluding diaryl/α,β-unsaturated/α-hetero) is 1. The summed E-state index contributed by atoms with van der Waals surface area (Å²) >= 11 is 1.46. The van der Waals surface area contributed by atoms with Crippen LogP contribution >= 0.6 is 11.8 Å². The Hall–Kier alpha value is -2.91. The number of anilines is 3. The molecule has 9 heteroatoms. The number of rotatable bonds is 9. The molecule has 0 atom stereocenters. The van der Waals surface area contributed by atoms with Gasteiger partial charge < -0.3 is 15.3 Å². The van der Waals surface area contributed by atoms with Crippen LogP contribution in [0.15, 0.2) is 46.5 Å². The fourth-order valence-corrected chi connectivity index (χ4v) is 5.12. The molecule has 0 aliphatic carbocycles. The van der Waals surface area contributed by atoms with Crippen molar-refractivity contribution in [3.63, 3.8) is 0 Å². The number of nitrogens with zero attached hydrogens (tertiary/aromatic N) is 4. The molecular formula is C26H34N6O2S. The summed E-state index contributed by atoms with van der Waals surface area (Å²) in [7, 11) is 0. The molecule has 186 valence electrons. The predicted molar refractivity (Wildman–Crippen MR) is 139 cm³/mol. The second kappa shape index (κ2) is 9.99. The van der Waals surface area contributed by atoms with Crippen LogP contribution in [0.2, 0.25) is 0 Å². The third-order valence-corrected chi connectivity index (χ3v) is 6.61. The number of ketones is 1. The third kappa shape index (κ3) is 6.82. The molecular weight excluding hydrogens is 460 g/mol. The molecule has 0 spiro atoms. The highest BCUT2D eigenvalue weighted by molar-refractivity contribution is 7.99. The molecule has 8 nitrogen and oxygen atoms in total. The van der Waals surface area contributed by atoms with Crippen LogP contribution in [0.25, 0.3) is 0 Å². The van der Waals surface area contributed by atoms with Gasteiger partial charge in [0, 0.05) is 48.7 Å². The number of H-pyrrole nitrogens is 1. The Bertz CT molecular complexity index is 1180. The van der Waals surface area contributed by atoms with Crippen LogP contribution in [0.4, 0.5) is 17.5 Å². The first-order valence-electron chi connectivity index (χ1n) is 11.9. The van der Waals surface area contributed by atoms with E-state index in [1.54, 1.807) is 0 Å². The summed E-state index contributed by atoms with van der Waals surface area (Å²) in [5.74, 6) is 2.31. The van der Waals surface area contributed by atoms with E-state index in [2.05, 4.69) is 41.2 Å². The van der Waals surface area contributed by atoms with Crippen molar-refractivity contribution in [3.05, 3.63) is 47.7 Å². The highest BCUT2D eigenvalue weighted by Crippen LogP contribution is 2.37. The van der Waals surface area contributed by atoms with Gasteiger partial charge in [0.25, 0.3) is 0 Å². The third-order valence-electron chi connectivity index (χ3n) is 5.74. The monoisotopic (exact) mass is 494 g/mol. The van der Waals surface area contributed by atoms with Gasteiger partial charge in [-0.05, 0) is 48.2 Å². The van der Waals surface area contributed by atoms with Crippen LogP contribution in [0.1, 0.15) is 51.8 Å². The molecule has 1 saturated heterocycles. The Kier molecular flexibility index (Phi) is 7.19. The number of hydrogen-bond donors (Lipinski definition) is 3. The van der Waals surface area contributed by atoms with Crippen LogP contribution in [0.5, 0.6) is 0 Å². The summed E-state index contributed by atoms with van der Waals surface area (Å²) in [6.45, 7) is 11.3. The van der Waals surface area contributed by atoms with Gasteiger partial charge in [-0.15, -0.1) is 0 Å². The molecule has 0 unspecified atom stereocenters. The predicted octanol–water partition coefficient (Wildman–Crippen LogP) is 4.91. The smallest absolute Gasteiger partial charge is 0.196 e. The van der Waals surface area contributed by atoms with E-state index in [9.17, 15) is 9.90 Å². The highest BCUT2D eigenvalue weighted by atomic mass is 32.2. The maximum absolute atomic E-state index is 11.7.